The fourth-order valence-electron chi connectivity index (χ4n) is 1.45. The van der Waals surface area contributed by atoms with Gasteiger partial charge in [0.25, 0.3) is 5.91 Å². The van der Waals surface area contributed by atoms with Gasteiger partial charge in [-0.25, -0.2) is 4.79 Å². The average molecular weight is 599 g/mol. The Morgan fingerprint density at radius 3 is 2.26 bits per heavy atom. The number of carboxylic acids is 1. The zero-order valence-corrected chi connectivity index (χ0v) is 16.7. The maximum Gasteiger partial charge on any atom is 0.326 e. The fraction of sp³-hybridized carbons (Fsp3) is 0.333. The highest BCUT2D eigenvalue weighted by atomic mass is 127. The molecule has 0 heterocycles. The van der Waals surface area contributed by atoms with E-state index in [0.29, 0.717) is 5.56 Å². The molecule has 0 aliphatic carbocycles. The summed E-state index contributed by atoms with van der Waals surface area (Å²) < 4.78 is 2.76. The number of amides is 1. The summed E-state index contributed by atoms with van der Waals surface area (Å²) in [5.41, 5.74) is 0.517. The van der Waals surface area contributed by atoms with Crippen LogP contribution in [-0.4, -0.2) is 23.0 Å². The number of benzene rings is 1. The number of carbonyl (C=O) groups excluding carboxylic acids is 1. The number of carbonyl (C=O) groups is 2. The second-order valence-electron chi connectivity index (χ2n) is 4.28. The van der Waals surface area contributed by atoms with Crippen molar-refractivity contribution in [3.05, 3.63) is 28.4 Å². The average Bonchev–Trinajstić information content (AvgIpc) is 2.29. The van der Waals surface area contributed by atoms with Gasteiger partial charge >= 0.3 is 5.97 Å². The Morgan fingerprint density at radius 2 is 1.79 bits per heavy atom. The summed E-state index contributed by atoms with van der Waals surface area (Å²) >= 11 is 6.40. The normalized spacial score (nSPS) is 12.3. The van der Waals surface area contributed by atoms with Crippen molar-refractivity contribution in [3.8, 4) is 0 Å². The molecule has 0 spiro atoms. The standard InChI is InChI=1S/C12H12I3NO3/c1-5(2)10(12(18)19)16-11(17)7-3-6(13)4-8(14)9(7)15/h3-5,10H,1-2H3,(H,16,17)(H,18,19). The molecule has 1 unspecified atom stereocenters. The highest BCUT2D eigenvalue weighted by molar-refractivity contribution is 14.1. The number of rotatable bonds is 4. The van der Waals surface area contributed by atoms with Gasteiger partial charge in [0.05, 0.1) is 5.56 Å². The van der Waals surface area contributed by atoms with E-state index in [4.69, 9.17) is 5.11 Å². The van der Waals surface area contributed by atoms with E-state index >= 15 is 0 Å². The van der Waals surface area contributed by atoms with Gasteiger partial charge in [0.15, 0.2) is 0 Å². The number of aliphatic carboxylic acids is 1. The van der Waals surface area contributed by atoms with Crippen LogP contribution < -0.4 is 5.32 Å². The summed E-state index contributed by atoms with van der Waals surface area (Å²) in [4.78, 5) is 23.3. The molecule has 104 valence electrons. The van der Waals surface area contributed by atoms with Gasteiger partial charge in [-0.1, -0.05) is 13.8 Å². The molecule has 0 aliphatic heterocycles. The second-order valence-corrected chi connectivity index (χ2v) is 7.77. The number of hydrogen-bond acceptors (Lipinski definition) is 2. The summed E-state index contributed by atoms with van der Waals surface area (Å²) in [5, 5.41) is 11.7. The van der Waals surface area contributed by atoms with Crippen LogP contribution in [-0.2, 0) is 4.79 Å². The summed E-state index contributed by atoms with van der Waals surface area (Å²) in [6.07, 6.45) is 0. The van der Waals surface area contributed by atoms with Crippen LogP contribution in [0.15, 0.2) is 12.1 Å². The van der Waals surface area contributed by atoms with Gasteiger partial charge in [0.1, 0.15) is 6.04 Å². The molecule has 19 heavy (non-hydrogen) atoms. The first-order chi connectivity index (χ1) is 8.73. The number of hydrogen-bond donors (Lipinski definition) is 2. The van der Waals surface area contributed by atoms with Crippen LogP contribution in [0, 0.1) is 16.6 Å². The fourth-order valence-corrected chi connectivity index (χ4v) is 3.85. The molecule has 0 fully saturated rings. The van der Waals surface area contributed by atoms with Crippen LogP contribution >= 0.6 is 67.8 Å². The Kier molecular flexibility index (Phi) is 6.76. The third-order valence-corrected chi connectivity index (χ3v) is 6.12. The zero-order valence-electron chi connectivity index (χ0n) is 10.2. The summed E-state index contributed by atoms with van der Waals surface area (Å²) in [7, 11) is 0. The van der Waals surface area contributed by atoms with Gasteiger partial charge in [0, 0.05) is 10.7 Å². The van der Waals surface area contributed by atoms with Crippen LogP contribution in [0.4, 0.5) is 0 Å². The first kappa shape index (κ1) is 17.4. The molecule has 0 aliphatic rings. The number of halogens is 3. The first-order valence-electron chi connectivity index (χ1n) is 5.42. The minimum Gasteiger partial charge on any atom is -0.480 e. The van der Waals surface area contributed by atoms with Crippen molar-refractivity contribution < 1.29 is 14.7 Å². The van der Waals surface area contributed by atoms with E-state index in [1.807, 2.05) is 6.07 Å². The van der Waals surface area contributed by atoms with Gasteiger partial charge < -0.3 is 10.4 Å². The van der Waals surface area contributed by atoms with Gasteiger partial charge in [0.2, 0.25) is 0 Å². The van der Waals surface area contributed by atoms with Crippen molar-refractivity contribution in [1.82, 2.24) is 5.32 Å². The molecule has 1 aromatic carbocycles. The molecule has 1 aromatic rings. The van der Waals surface area contributed by atoms with Crippen molar-refractivity contribution in [3.63, 3.8) is 0 Å². The molecule has 1 atom stereocenters. The maximum absolute atomic E-state index is 12.2. The van der Waals surface area contributed by atoms with E-state index in [-0.39, 0.29) is 11.8 Å². The van der Waals surface area contributed by atoms with Crippen molar-refractivity contribution >= 4 is 79.6 Å². The van der Waals surface area contributed by atoms with Crippen molar-refractivity contribution in [1.29, 1.82) is 0 Å². The van der Waals surface area contributed by atoms with Crippen LogP contribution in [0.3, 0.4) is 0 Å². The highest BCUT2D eigenvalue weighted by Gasteiger charge is 2.25. The summed E-state index contributed by atoms with van der Waals surface area (Å²) in [6, 6.07) is 2.86. The predicted molar refractivity (Wildman–Crippen MR) is 98.3 cm³/mol. The SMILES string of the molecule is CC(C)C(NC(=O)c1cc(I)cc(I)c1I)C(=O)O. The van der Waals surface area contributed by atoms with Crippen LogP contribution in [0.25, 0.3) is 0 Å². The van der Waals surface area contributed by atoms with Gasteiger partial charge in [-0.05, 0) is 85.8 Å². The Balaban J connectivity index is 3.04. The molecule has 0 radical (unpaired) electrons. The van der Waals surface area contributed by atoms with Crippen LogP contribution in [0.2, 0.25) is 0 Å². The lowest BCUT2D eigenvalue weighted by atomic mass is 10.0. The van der Waals surface area contributed by atoms with E-state index in [0.717, 1.165) is 10.7 Å². The van der Waals surface area contributed by atoms with Gasteiger partial charge in [-0.15, -0.1) is 0 Å². The monoisotopic (exact) mass is 599 g/mol. The lowest BCUT2D eigenvalue weighted by Crippen LogP contribution is -2.44. The van der Waals surface area contributed by atoms with E-state index in [2.05, 4.69) is 73.1 Å². The van der Waals surface area contributed by atoms with Gasteiger partial charge in [-0.2, -0.15) is 0 Å². The quantitative estimate of drug-likeness (QED) is 0.413. The molecule has 4 nitrogen and oxygen atoms in total. The maximum atomic E-state index is 12.2. The molecule has 0 aromatic heterocycles. The molecule has 0 saturated heterocycles. The predicted octanol–water partition coefficient (Wildman–Crippen LogP) is 3.34. The lowest BCUT2D eigenvalue weighted by Gasteiger charge is -2.18. The Labute approximate surface area is 152 Å². The Hall–Kier alpha value is 0.350. The Bertz CT molecular complexity index is 517. The molecule has 7 heteroatoms. The van der Waals surface area contributed by atoms with Gasteiger partial charge in [-0.3, -0.25) is 4.79 Å². The van der Waals surface area contributed by atoms with Crippen molar-refractivity contribution in [2.24, 2.45) is 5.92 Å². The largest absolute Gasteiger partial charge is 0.480 e. The Morgan fingerprint density at radius 1 is 1.21 bits per heavy atom. The molecule has 0 bridgehead atoms. The topological polar surface area (TPSA) is 66.4 Å². The van der Waals surface area contributed by atoms with E-state index < -0.39 is 12.0 Å². The minimum absolute atomic E-state index is 0.166. The number of carboxylic acid groups (broad SMARTS) is 1. The third kappa shape index (κ3) is 4.69. The first-order valence-corrected chi connectivity index (χ1v) is 8.66. The van der Waals surface area contributed by atoms with E-state index in [1.54, 1.807) is 19.9 Å². The second kappa shape index (κ2) is 7.38. The zero-order chi connectivity index (χ0) is 14.7. The third-order valence-electron chi connectivity index (χ3n) is 2.46. The minimum atomic E-state index is -1.02. The summed E-state index contributed by atoms with van der Waals surface area (Å²) in [6.45, 7) is 3.53. The summed E-state index contributed by atoms with van der Waals surface area (Å²) in [5.74, 6) is -1.53. The van der Waals surface area contributed by atoms with Crippen molar-refractivity contribution in [2.45, 2.75) is 19.9 Å². The molecular weight excluding hydrogens is 587 g/mol. The van der Waals surface area contributed by atoms with Crippen molar-refractivity contribution in [2.75, 3.05) is 0 Å². The molecule has 1 rings (SSSR count). The molecular formula is C12H12I3NO3. The number of nitrogens with one attached hydrogen (secondary N) is 1. The van der Waals surface area contributed by atoms with E-state index in [1.165, 1.54) is 0 Å². The smallest absolute Gasteiger partial charge is 0.326 e. The molecule has 2 N–H and O–H groups in total. The highest BCUT2D eigenvalue weighted by Crippen LogP contribution is 2.23. The van der Waals surface area contributed by atoms with Crippen LogP contribution in [0.5, 0.6) is 0 Å². The van der Waals surface area contributed by atoms with E-state index in [9.17, 15) is 9.59 Å². The van der Waals surface area contributed by atoms with Crippen LogP contribution in [0.1, 0.15) is 24.2 Å². The lowest BCUT2D eigenvalue weighted by molar-refractivity contribution is -0.140. The molecule has 0 saturated carbocycles. The molecule has 1 amide bonds.